The van der Waals surface area contributed by atoms with E-state index in [-0.39, 0.29) is 48.9 Å². The second-order valence-corrected chi connectivity index (χ2v) is 32.6. The molecule has 0 aliphatic carbocycles. The van der Waals surface area contributed by atoms with Crippen molar-refractivity contribution in [3.63, 3.8) is 0 Å². The van der Waals surface area contributed by atoms with Gasteiger partial charge in [-0.15, -0.1) is 0 Å². The summed E-state index contributed by atoms with van der Waals surface area (Å²) in [7, 11) is -2.31. The molecule has 2 aliphatic rings. The summed E-state index contributed by atoms with van der Waals surface area (Å²) in [6, 6.07) is 25.3. The van der Waals surface area contributed by atoms with E-state index in [1.807, 2.05) is 94.3 Å². The Morgan fingerprint density at radius 2 is 1.17 bits per heavy atom. The number of piperidine rings is 2. The lowest BCUT2D eigenvalue weighted by Crippen LogP contribution is -2.42. The van der Waals surface area contributed by atoms with Gasteiger partial charge in [-0.2, -0.15) is 0 Å². The van der Waals surface area contributed by atoms with Crippen molar-refractivity contribution in [3.8, 4) is 0 Å². The van der Waals surface area contributed by atoms with Crippen LogP contribution in [0.15, 0.2) is 97.8 Å². The number of carbonyl (C=O) groups excluding carboxylic acids is 4. The molecule has 72 heavy (non-hydrogen) atoms. The number of benzene rings is 2. The van der Waals surface area contributed by atoms with Gasteiger partial charge in [0.25, 0.3) is 0 Å². The summed E-state index contributed by atoms with van der Waals surface area (Å²) in [6.45, 7) is 18.8. The minimum atomic E-state index is -1.15. The summed E-state index contributed by atoms with van der Waals surface area (Å²) in [5.74, 6) is -0.369. The second kappa shape index (κ2) is 25.5. The highest BCUT2D eigenvalue weighted by Crippen LogP contribution is 2.36. The van der Waals surface area contributed by atoms with Crippen LogP contribution in [0.1, 0.15) is 65.3 Å². The molecule has 2 fully saturated rings. The van der Waals surface area contributed by atoms with Crippen molar-refractivity contribution in [2.75, 3.05) is 39.4 Å². The Labute approximate surface area is 425 Å². The average molecular weight is 1020 g/mol. The number of likely N-dealkylation sites (tertiary alicyclic amines) is 2. The fourth-order valence-electron chi connectivity index (χ4n) is 9.12. The molecule has 6 aromatic rings. The molecule has 0 radical (unpaired) electrons. The fraction of sp³-hybridized carbons (Fsp3) is 0.481. The van der Waals surface area contributed by atoms with Gasteiger partial charge in [0.2, 0.25) is 0 Å². The van der Waals surface area contributed by atoms with Crippen molar-refractivity contribution in [3.05, 3.63) is 120 Å². The van der Waals surface area contributed by atoms with Crippen molar-refractivity contribution >= 4 is 62.5 Å². The van der Waals surface area contributed by atoms with Gasteiger partial charge in [-0.1, -0.05) is 99.9 Å². The number of ether oxygens (including phenoxy) is 4. The van der Waals surface area contributed by atoms with E-state index in [1.54, 1.807) is 16.1 Å². The number of aldehydes is 1. The first kappa shape index (κ1) is 53.7. The van der Waals surface area contributed by atoms with Crippen molar-refractivity contribution in [1.29, 1.82) is 0 Å². The Balaban J connectivity index is 0.000000212. The number of hydrogen-bond acceptors (Lipinski definition) is 12. The summed E-state index contributed by atoms with van der Waals surface area (Å²) in [5.41, 5.74) is 4.65. The highest BCUT2D eigenvalue weighted by Gasteiger charge is 2.34. The van der Waals surface area contributed by atoms with Crippen LogP contribution in [0.3, 0.4) is 0 Å². The Hall–Kier alpha value is -6.09. The zero-order valence-electron chi connectivity index (χ0n) is 42.9. The summed E-state index contributed by atoms with van der Waals surface area (Å²) in [5, 5.41) is 1.65. The first-order chi connectivity index (χ1) is 34.7. The molecule has 8 rings (SSSR count). The van der Waals surface area contributed by atoms with Gasteiger partial charge in [-0.3, -0.25) is 4.79 Å². The Kier molecular flexibility index (Phi) is 19.0. The van der Waals surface area contributed by atoms with Crippen LogP contribution in [0, 0.1) is 11.8 Å². The molecule has 2 amide bonds. The van der Waals surface area contributed by atoms with Gasteiger partial charge in [0.1, 0.15) is 62.6 Å². The molecule has 3 unspecified atom stereocenters. The summed E-state index contributed by atoms with van der Waals surface area (Å²) in [4.78, 5) is 71.9. The van der Waals surface area contributed by atoms with Crippen molar-refractivity contribution in [2.45, 2.75) is 116 Å². The van der Waals surface area contributed by atoms with Gasteiger partial charge >= 0.3 is 12.2 Å². The Morgan fingerprint density at radius 1 is 0.653 bits per heavy atom. The largest absolute Gasteiger partial charge is 0.445 e. The lowest BCUT2D eigenvalue weighted by Gasteiger charge is -2.36. The van der Waals surface area contributed by atoms with Crippen LogP contribution in [0.4, 0.5) is 9.59 Å². The van der Waals surface area contributed by atoms with Gasteiger partial charge in [0.05, 0.1) is 5.69 Å². The predicted molar refractivity (Wildman–Crippen MR) is 283 cm³/mol. The number of nitrogens with zero attached hydrogens (tertiary/aromatic N) is 8. The normalized spacial score (nSPS) is 16.8. The van der Waals surface area contributed by atoms with Crippen LogP contribution in [0.2, 0.25) is 51.4 Å². The molecule has 2 saturated heterocycles. The van der Waals surface area contributed by atoms with Gasteiger partial charge in [0.15, 0.2) is 5.78 Å². The third-order valence-corrected chi connectivity index (χ3v) is 16.7. The maximum atomic E-state index is 13.4. The molecule has 2 aliphatic heterocycles. The van der Waals surface area contributed by atoms with Gasteiger partial charge < -0.3 is 42.7 Å². The summed E-state index contributed by atoms with van der Waals surface area (Å²) >= 11 is 0. The van der Waals surface area contributed by atoms with Crippen LogP contribution < -0.4 is 0 Å². The Bertz CT molecular complexity index is 2710. The molecule has 0 spiro atoms. The molecule has 6 heterocycles. The van der Waals surface area contributed by atoms with Gasteiger partial charge in [-0.05, 0) is 66.9 Å². The second-order valence-electron chi connectivity index (χ2n) is 21.3. The molecule has 2 aromatic carbocycles. The number of fused-ring (bicyclic) bond motifs is 2. The lowest BCUT2D eigenvalue weighted by atomic mass is 9.81. The summed E-state index contributed by atoms with van der Waals surface area (Å²) in [6.07, 6.45) is 10.7. The van der Waals surface area contributed by atoms with E-state index in [0.29, 0.717) is 70.4 Å². The van der Waals surface area contributed by atoms with Crippen molar-refractivity contribution in [1.82, 2.24) is 38.9 Å². The first-order valence-corrected chi connectivity index (χ1v) is 32.7. The molecule has 0 N–H and O–H groups in total. The monoisotopic (exact) mass is 1020 g/mol. The Morgan fingerprint density at radius 3 is 1.72 bits per heavy atom. The minimum absolute atomic E-state index is 0.0599. The molecule has 18 heteroatoms. The van der Waals surface area contributed by atoms with Crippen LogP contribution >= 0.6 is 0 Å². The van der Waals surface area contributed by atoms with E-state index < -0.39 is 16.1 Å². The molecule has 4 aromatic heterocycles. The molecular weight excluding hydrogens is 945 g/mol. The SMILES string of the molecule is C[Si](C)(C)CCOCn1ccc2c(C(=O)C3CCCN(C(=O)OCc4ccccc4)C3)ncnc21.C[Si](C)(C)CCOCn1ccc2c(C(CC=O)C3CCCN(C(=O)OCc4ccccc4)C3)ncnc21. The number of hydrogen-bond donors (Lipinski definition) is 0. The zero-order chi connectivity index (χ0) is 51.1. The topological polar surface area (TPSA) is 173 Å². The molecule has 0 bridgehead atoms. The molecule has 384 valence electrons. The van der Waals surface area contributed by atoms with Gasteiger partial charge in [-0.25, -0.2) is 29.5 Å². The maximum absolute atomic E-state index is 13.4. The number of carbonyl (C=O) groups is 4. The van der Waals surface area contributed by atoms with E-state index in [0.717, 1.165) is 77.5 Å². The molecule has 16 nitrogen and oxygen atoms in total. The van der Waals surface area contributed by atoms with E-state index in [2.05, 4.69) is 59.2 Å². The van der Waals surface area contributed by atoms with E-state index >= 15 is 0 Å². The first-order valence-electron chi connectivity index (χ1n) is 25.3. The van der Waals surface area contributed by atoms with Crippen LogP contribution in [0.25, 0.3) is 22.1 Å². The number of aromatic nitrogens is 6. The third-order valence-electron chi connectivity index (χ3n) is 13.3. The predicted octanol–water partition coefficient (Wildman–Crippen LogP) is 10.4. The van der Waals surface area contributed by atoms with Crippen molar-refractivity contribution < 1.29 is 38.1 Å². The van der Waals surface area contributed by atoms with Crippen LogP contribution in [-0.2, 0) is 50.4 Å². The number of rotatable bonds is 20. The third kappa shape index (κ3) is 15.2. The standard InChI is InChI=1S/C28H38N4O4Si.C26H34N4O4Si/c1-37(2,3)17-16-35-21-32-14-11-25-26(29-20-30-27(25)32)24(12-15-33)23-10-7-13-31(18-23)28(34)36-19-22-8-5-4-6-9-22;1-35(2,3)15-14-33-19-30-13-11-22-23(27-18-28-25(22)30)24(31)21-10-7-12-29(16-21)26(32)34-17-20-8-5-4-6-9-20/h4-6,8-9,11,14-15,20,23-24H,7,10,12-13,16-19,21H2,1-3H3;4-6,8-9,11,13,18,21H,7,10,12,14-17,19H2,1-3H3. The molecular formula is C54H72N8O8Si2. The fourth-order valence-corrected chi connectivity index (χ4v) is 10.6. The molecule has 3 atom stereocenters. The molecule has 0 saturated carbocycles. The summed E-state index contributed by atoms with van der Waals surface area (Å²) < 4.78 is 26.8. The quantitative estimate of drug-likeness (QED) is 0.0307. The number of ketones is 1. The highest BCUT2D eigenvalue weighted by molar-refractivity contribution is 6.76. The van der Waals surface area contributed by atoms with Crippen LogP contribution in [-0.4, -0.2) is 119 Å². The van der Waals surface area contributed by atoms with E-state index in [9.17, 15) is 19.2 Å². The maximum Gasteiger partial charge on any atom is 0.410 e. The van der Waals surface area contributed by atoms with E-state index in [1.165, 1.54) is 6.33 Å². The van der Waals surface area contributed by atoms with Gasteiger partial charge in [0, 0.05) is 97.0 Å². The zero-order valence-corrected chi connectivity index (χ0v) is 44.9. The van der Waals surface area contributed by atoms with Crippen molar-refractivity contribution in [2.24, 2.45) is 11.8 Å². The smallest absolute Gasteiger partial charge is 0.410 e. The highest BCUT2D eigenvalue weighted by atomic mass is 28.3. The lowest BCUT2D eigenvalue weighted by molar-refractivity contribution is -0.108. The van der Waals surface area contributed by atoms with Crippen LogP contribution in [0.5, 0.6) is 0 Å². The van der Waals surface area contributed by atoms with E-state index in [4.69, 9.17) is 18.9 Å². The minimum Gasteiger partial charge on any atom is -0.445 e. The average Bonchev–Trinajstić information content (AvgIpc) is 4.01. The number of amides is 2. The number of Topliss-reactive ketones (excluding diaryl/α,β-unsaturated/α-hetero) is 1.